The summed E-state index contributed by atoms with van der Waals surface area (Å²) in [6.07, 6.45) is 2.68. The number of carbonyl (C=O) groups is 2. The third-order valence-electron chi connectivity index (χ3n) is 4.93. The molecule has 1 N–H and O–H groups in total. The van der Waals surface area contributed by atoms with Gasteiger partial charge in [-0.15, -0.1) is 0 Å². The van der Waals surface area contributed by atoms with E-state index in [0.29, 0.717) is 47.5 Å². The molecule has 2 amide bonds. The number of halogens is 1. The highest BCUT2D eigenvalue weighted by atomic mass is 35.5. The van der Waals surface area contributed by atoms with Crippen LogP contribution >= 0.6 is 11.6 Å². The summed E-state index contributed by atoms with van der Waals surface area (Å²) in [4.78, 5) is 26.3. The highest BCUT2D eigenvalue weighted by Crippen LogP contribution is 2.37. The van der Waals surface area contributed by atoms with Crippen LogP contribution in [0.3, 0.4) is 0 Å². The van der Waals surface area contributed by atoms with Gasteiger partial charge in [0.25, 0.3) is 5.91 Å². The van der Waals surface area contributed by atoms with E-state index >= 15 is 0 Å². The molecule has 0 unspecified atom stereocenters. The van der Waals surface area contributed by atoms with E-state index in [1.54, 1.807) is 30.0 Å². The maximum atomic E-state index is 12.8. The predicted molar refractivity (Wildman–Crippen MR) is 119 cm³/mol. The number of nitrogens with zero attached hydrogens (tertiary/aromatic N) is 1. The number of carbonyl (C=O) groups excluding carboxylic acids is 2. The maximum absolute atomic E-state index is 12.8. The fraction of sp³-hybridized carbons (Fsp3) is 0.391. The first kappa shape index (κ1) is 22.0. The number of anilines is 2. The van der Waals surface area contributed by atoms with E-state index < -0.39 is 0 Å². The largest absolute Gasteiger partial charge is 0.490 e. The second-order valence-electron chi connectivity index (χ2n) is 7.14. The van der Waals surface area contributed by atoms with Gasteiger partial charge in [0.1, 0.15) is 0 Å². The number of fused-ring (bicyclic) bond motifs is 1. The zero-order valence-corrected chi connectivity index (χ0v) is 18.3. The average molecular weight is 431 g/mol. The van der Waals surface area contributed by atoms with Crippen molar-refractivity contribution < 1.29 is 19.1 Å². The fourth-order valence-electron chi connectivity index (χ4n) is 3.43. The predicted octanol–water partition coefficient (Wildman–Crippen LogP) is 5.08. The van der Waals surface area contributed by atoms with Gasteiger partial charge in [-0.05, 0) is 55.7 Å². The van der Waals surface area contributed by atoms with Crippen molar-refractivity contribution in [2.75, 3.05) is 30.0 Å². The van der Waals surface area contributed by atoms with E-state index in [-0.39, 0.29) is 11.8 Å². The zero-order chi connectivity index (χ0) is 21.7. The van der Waals surface area contributed by atoms with Crippen LogP contribution in [-0.2, 0) is 11.2 Å². The Kier molecular flexibility index (Phi) is 7.21. The SMILES string of the molecule is CCCCOc1c(Cl)cc(C(=O)Nc2ccc3c(c2)CCN3C(C)=O)cc1OCC. The van der Waals surface area contributed by atoms with Crippen molar-refractivity contribution in [2.24, 2.45) is 0 Å². The highest BCUT2D eigenvalue weighted by Gasteiger charge is 2.23. The number of hydrogen-bond donors (Lipinski definition) is 1. The number of unbranched alkanes of at least 4 members (excludes halogenated alkanes) is 1. The van der Waals surface area contributed by atoms with Crippen LogP contribution in [0, 0.1) is 0 Å². The van der Waals surface area contributed by atoms with Gasteiger partial charge >= 0.3 is 0 Å². The minimum Gasteiger partial charge on any atom is -0.490 e. The molecule has 1 heterocycles. The van der Waals surface area contributed by atoms with Gasteiger partial charge in [0.05, 0.1) is 18.2 Å². The summed E-state index contributed by atoms with van der Waals surface area (Å²) in [5, 5.41) is 3.24. The van der Waals surface area contributed by atoms with Crippen molar-refractivity contribution >= 4 is 34.8 Å². The Labute approximate surface area is 182 Å². The lowest BCUT2D eigenvalue weighted by atomic mass is 10.1. The number of benzene rings is 2. The van der Waals surface area contributed by atoms with Crippen LogP contribution in [0.15, 0.2) is 30.3 Å². The molecule has 0 spiro atoms. The van der Waals surface area contributed by atoms with Gasteiger partial charge in [0, 0.05) is 30.4 Å². The second-order valence-corrected chi connectivity index (χ2v) is 7.55. The van der Waals surface area contributed by atoms with E-state index in [9.17, 15) is 9.59 Å². The first-order chi connectivity index (χ1) is 14.4. The van der Waals surface area contributed by atoms with Crippen molar-refractivity contribution in [3.05, 3.63) is 46.5 Å². The molecule has 0 fully saturated rings. The maximum Gasteiger partial charge on any atom is 0.255 e. The lowest BCUT2D eigenvalue weighted by molar-refractivity contribution is -0.116. The number of nitrogens with one attached hydrogen (secondary N) is 1. The van der Waals surface area contributed by atoms with Gasteiger partial charge in [0.15, 0.2) is 11.5 Å². The summed E-state index contributed by atoms with van der Waals surface area (Å²) in [6.45, 7) is 7.13. The van der Waals surface area contributed by atoms with Crippen molar-refractivity contribution in [2.45, 2.75) is 40.0 Å². The van der Waals surface area contributed by atoms with E-state index in [0.717, 1.165) is 30.5 Å². The molecule has 0 atom stereocenters. The molecule has 0 bridgehead atoms. The molecular weight excluding hydrogens is 404 g/mol. The van der Waals surface area contributed by atoms with Crippen LogP contribution in [-0.4, -0.2) is 31.6 Å². The van der Waals surface area contributed by atoms with Gasteiger partial charge in [-0.3, -0.25) is 9.59 Å². The van der Waals surface area contributed by atoms with Crippen LogP contribution in [0.4, 0.5) is 11.4 Å². The highest BCUT2D eigenvalue weighted by molar-refractivity contribution is 6.32. The van der Waals surface area contributed by atoms with Crippen LogP contribution in [0.1, 0.15) is 49.5 Å². The Hall–Kier alpha value is -2.73. The summed E-state index contributed by atoms with van der Waals surface area (Å²) in [7, 11) is 0. The first-order valence-corrected chi connectivity index (χ1v) is 10.6. The molecule has 0 saturated heterocycles. The third kappa shape index (κ3) is 4.87. The monoisotopic (exact) mass is 430 g/mol. The molecule has 160 valence electrons. The Morgan fingerprint density at radius 3 is 2.67 bits per heavy atom. The van der Waals surface area contributed by atoms with Gasteiger partial charge in [-0.25, -0.2) is 0 Å². The van der Waals surface area contributed by atoms with E-state index in [1.165, 1.54) is 0 Å². The minimum absolute atomic E-state index is 0.0184. The summed E-state index contributed by atoms with van der Waals surface area (Å²) >= 11 is 6.40. The van der Waals surface area contributed by atoms with Crippen LogP contribution < -0.4 is 19.7 Å². The zero-order valence-electron chi connectivity index (χ0n) is 17.6. The molecule has 6 nitrogen and oxygen atoms in total. The van der Waals surface area contributed by atoms with Gasteiger partial charge < -0.3 is 19.7 Å². The number of amides is 2. The normalized spacial score (nSPS) is 12.5. The van der Waals surface area contributed by atoms with Crippen LogP contribution in [0.2, 0.25) is 5.02 Å². The Morgan fingerprint density at radius 2 is 1.97 bits per heavy atom. The molecule has 0 saturated carbocycles. The van der Waals surface area contributed by atoms with Crippen LogP contribution in [0.5, 0.6) is 11.5 Å². The second kappa shape index (κ2) is 9.85. The molecule has 30 heavy (non-hydrogen) atoms. The topological polar surface area (TPSA) is 67.9 Å². The molecule has 1 aliphatic rings. The molecule has 0 aromatic heterocycles. The number of rotatable bonds is 8. The lowest BCUT2D eigenvalue weighted by Gasteiger charge is -2.16. The van der Waals surface area contributed by atoms with Gasteiger partial charge in [-0.1, -0.05) is 24.9 Å². The minimum atomic E-state index is -0.292. The molecule has 2 aromatic carbocycles. The standard InChI is InChI=1S/C23H27ClN2O4/c1-4-6-11-30-22-19(24)13-17(14-21(22)29-5-2)23(28)25-18-7-8-20-16(12-18)9-10-26(20)15(3)27/h7-8,12-14H,4-6,9-11H2,1-3H3,(H,25,28). The molecule has 1 aliphatic heterocycles. The Balaban J connectivity index is 1.79. The summed E-state index contributed by atoms with van der Waals surface area (Å²) in [6, 6.07) is 8.81. The Bertz CT molecular complexity index is 945. The molecule has 0 aliphatic carbocycles. The molecule has 7 heteroatoms. The quantitative estimate of drug-likeness (QED) is 0.593. The molecule has 3 rings (SSSR count). The van der Waals surface area contributed by atoms with E-state index in [2.05, 4.69) is 12.2 Å². The van der Waals surface area contributed by atoms with Crippen molar-refractivity contribution in [3.63, 3.8) is 0 Å². The van der Waals surface area contributed by atoms with Gasteiger partial charge in [0.2, 0.25) is 5.91 Å². The lowest BCUT2D eigenvalue weighted by Crippen LogP contribution is -2.25. The van der Waals surface area contributed by atoms with Crippen molar-refractivity contribution in [1.29, 1.82) is 0 Å². The average Bonchev–Trinajstić information content (AvgIpc) is 3.13. The van der Waals surface area contributed by atoms with Crippen molar-refractivity contribution in [3.8, 4) is 11.5 Å². The molecule has 0 radical (unpaired) electrons. The Morgan fingerprint density at radius 1 is 1.17 bits per heavy atom. The number of ether oxygens (including phenoxy) is 2. The molecule has 2 aromatic rings. The summed E-state index contributed by atoms with van der Waals surface area (Å²) in [5.74, 6) is 0.645. The van der Waals surface area contributed by atoms with E-state index in [4.69, 9.17) is 21.1 Å². The smallest absolute Gasteiger partial charge is 0.255 e. The number of hydrogen-bond acceptors (Lipinski definition) is 4. The third-order valence-corrected chi connectivity index (χ3v) is 5.21. The van der Waals surface area contributed by atoms with Gasteiger partial charge in [-0.2, -0.15) is 0 Å². The summed E-state index contributed by atoms with van der Waals surface area (Å²) in [5.41, 5.74) is 2.99. The van der Waals surface area contributed by atoms with Crippen LogP contribution in [0.25, 0.3) is 0 Å². The van der Waals surface area contributed by atoms with Crippen molar-refractivity contribution in [1.82, 2.24) is 0 Å². The summed E-state index contributed by atoms with van der Waals surface area (Å²) < 4.78 is 11.4. The molecular formula is C23H27ClN2O4. The fourth-order valence-corrected chi connectivity index (χ4v) is 3.70. The first-order valence-electron chi connectivity index (χ1n) is 10.3. The van der Waals surface area contributed by atoms with E-state index in [1.807, 2.05) is 19.1 Å².